The maximum atomic E-state index is 6.67. The lowest BCUT2D eigenvalue weighted by Gasteiger charge is -2.32. The minimum Gasteiger partial charge on any atom is -0.456 e. The zero-order valence-electron chi connectivity index (χ0n) is 27.3. The summed E-state index contributed by atoms with van der Waals surface area (Å²) in [7, 11) is 0. The summed E-state index contributed by atoms with van der Waals surface area (Å²) in [4.78, 5) is 5.26. The van der Waals surface area contributed by atoms with Crippen molar-refractivity contribution in [2.45, 2.75) is 12.3 Å². The van der Waals surface area contributed by atoms with E-state index in [-0.39, 0.29) is 12.3 Å². The van der Waals surface area contributed by atoms with Crippen LogP contribution in [0.15, 0.2) is 170 Å². The molecule has 0 aliphatic carbocycles. The minimum absolute atomic E-state index is 0.257. The fourth-order valence-corrected chi connectivity index (χ4v) is 7.77. The molecule has 0 amide bonds. The predicted octanol–water partition coefficient (Wildman–Crippen LogP) is 11.4. The molecule has 0 saturated heterocycles. The second kappa shape index (κ2) is 10.9. The molecule has 11 rings (SSSR count). The van der Waals surface area contributed by atoms with E-state index in [1.54, 1.807) is 0 Å². The largest absolute Gasteiger partial charge is 0.456 e. The van der Waals surface area contributed by atoms with E-state index in [4.69, 9.17) is 18.2 Å². The van der Waals surface area contributed by atoms with E-state index in [0.717, 1.165) is 99.5 Å². The molecular formula is C45H29N3O3. The van der Waals surface area contributed by atoms with Crippen molar-refractivity contribution >= 4 is 71.7 Å². The first-order chi connectivity index (χ1) is 25.2. The molecule has 0 saturated carbocycles. The number of nitrogens with one attached hydrogen (secondary N) is 2. The Morgan fingerprint density at radius 2 is 1.08 bits per heavy atom. The molecule has 6 nitrogen and oxygen atoms in total. The Morgan fingerprint density at radius 1 is 0.471 bits per heavy atom. The number of furan rings is 3. The van der Waals surface area contributed by atoms with Crippen LogP contribution in [-0.4, -0.2) is 5.84 Å². The molecule has 0 bridgehead atoms. The fourth-order valence-electron chi connectivity index (χ4n) is 7.77. The molecule has 1 aliphatic heterocycles. The van der Waals surface area contributed by atoms with Gasteiger partial charge >= 0.3 is 0 Å². The van der Waals surface area contributed by atoms with Crippen LogP contribution in [0.25, 0.3) is 76.9 Å². The van der Waals surface area contributed by atoms with Gasteiger partial charge in [-0.2, -0.15) is 0 Å². The Labute approximate surface area is 291 Å². The number of hydrogen-bond acceptors (Lipinski definition) is 6. The lowest BCUT2D eigenvalue weighted by Crippen LogP contribution is -2.45. The second-order valence-corrected chi connectivity index (χ2v) is 13.2. The SMILES string of the molecule is c1ccc(C2N=C(c3cccc4c3oc3ccc(-c5ccc6oc7ccccc7c6c5)cc34)NC(c3cccc4oc5ccccc5c34)N2)cc1. The van der Waals surface area contributed by atoms with Crippen molar-refractivity contribution in [3.05, 3.63) is 168 Å². The van der Waals surface area contributed by atoms with Crippen LogP contribution in [0.1, 0.15) is 29.0 Å². The highest BCUT2D eigenvalue weighted by atomic mass is 16.3. The van der Waals surface area contributed by atoms with Gasteiger partial charge < -0.3 is 18.6 Å². The molecule has 10 aromatic rings. The quantitative estimate of drug-likeness (QED) is 0.197. The number of rotatable bonds is 4. The van der Waals surface area contributed by atoms with Crippen LogP contribution in [0, 0.1) is 0 Å². The average Bonchev–Trinajstić information content (AvgIpc) is 3.88. The van der Waals surface area contributed by atoms with Gasteiger partial charge in [0, 0.05) is 37.9 Å². The topological polar surface area (TPSA) is 75.8 Å². The van der Waals surface area contributed by atoms with Crippen molar-refractivity contribution in [3.8, 4) is 11.1 Å². The zero-order valence-corrected chi connectivity index (χ0v) is 27.3. The number of benzene rings is 7. The van der Waals surface area contributed by atoms with Gasteiger partial charge in [-0.15, -0.1) is 0 Å². The van der Waals surface area contributed by atoms with E-state index in [0.29, 0.717) is 0 Å². The Balaban J connectivity index is 1.05. The maximum absolute atomic E-state index is 6.67. The average molecular weight is 660 g/mol. The molecular weight excluding hydrogens is 631 g/mol. The summed E-state index contributed by atoms with van der Waals surface area (Å²) < 4.78 is 19.0. The third-order valence-electron chi connectivity index (χ3n) is 10.2. The first-order valence-corrected chi connectivity index (χ1v) is 17.2. The Morgan fingerprint density at radius 3 is 1.90 bits per heavy atom. The summed E-state index contributed by atoms with van der Waals surface area (Å²) in [5.74, 6) is 0.763. The number of hydrogen-bond donors (Lipinski definition) is 2. The van der Waals surface area contributed by atoms with Crippen molar-refractivity contribution in [2.75, 3.05) is 0 Å². The third-order valence-corrected chi connectivity index (χ3v) is 10.2. The number of nitrogens with zero attached hydrogens (tertiary/aromatic N) is 1. The first-order valence-electron chi connectivity index (χ1n) is 17.2. The molecule has 0 spiro atoms. The van der Waals surface area contributed by atoms with Crippen LogP contribution in [0.2, 0.25) is 0 Å². The summed E-state index contributed by atoms with van der Waals surface area (Å²) in [6, 6.07) is 52.2. The lowest BCUT2D eigenvalue weighted by molar-refractivity contribution is 0.411. The van der Waals surface area contributed by atoms with E-state index in [9.17, 15) is 0 Å². The van der Waals surface area contributed by atoms with Crippen molar-refractivity contribution < 1.29 is 13.3 Å². The fraction of sp³-hybridized carbons (Fsp3) is 0.0444. The highest BCUT2D eigenvalue weighted by molar-refractivity contribution is 6.16. The Bertz CT molecular complexity index is 3000. The maximum Gasteiger partial charge on any atom is 0.146 e. The van der Waals surface area contributed by atoms with Gasteiger partial charge in [-0.05, 0) is 65.2 Å². The summed E-state index contributed by atoms with van der Waals surface area (Å²) in [5.41, 5.74) is 10.5. The number of aliphatic imine (C=N–C) groups is 1. The molecule has 0 fully saturated rings. The van der Waals surface area contributed by atoms with E-state index < -0.39 is 0 Å². The number of amidine groups is 1. The van der Waals surface area contributed by atoms with E-state index in [2.05, 4.69) is 126 Å². The molecule has 1 aliphatic rings. The first kappa shape index (κ1) is 28.2. The molecule has 2 unspecified atom stereocenters. The molecule has 2 atom stereocenters. The van der Waals surface area contributed by atoms with Crippen molar-refractivity contribution in [3.63, 3.8) is 0 Å². The molecule has 6 heteroatoms. The van der Waals surface area contributed by atoms with Gasteiger partial charge in [0.15, 0.2) is 0 Å². The van der Waals surface area contributed by atoms with E-state index in [1.165, 1.54) is 0 Å². The summed E-state index contributed by atoms with van der Waals surface area (Å²) in [6.45, 7) is 0. The minimum atomic E-state index is -0.291. The van der Waals surface area contributed by atoms with Gasteiger partial charge in [-0.3, -0.25) is 5.32 Å². The van der Waals surface area contributed by atoms with Gasteiger partial charge in [0.2, 0.25) is 0 Å². The van der Waals surface area contributed by atoms with Crippen LogP contribution >= 0.6 is 0 Å². The number of para-hydroxylation sites is 3. The van der Waals surface area contributed by atoms with Gasteiger partial charge in [-0.25, -0.2) is 4.99 Å². The molecule has 4 heterocycles. The van der Waals surface area contributed by atoms with Crippen molar-refractivity contribution in [1.29, 1.82) is 0 Å². The third kappa shape index (κ3) is 4.43. The Hall–Kier alpha value is -6.63. The van der Waals surface area contributed by atoms with Crippen molar-refractivity contribution in [2.24, 2.45) is 4.99 Å². The summed E-state index contributed by atoms with van der Waals surface area (Å²) >= 11 is 0. The summed E-state index contributed by atoms with van der Waals surface area (Å²) in [6.07, 6.45) is -0.548. The van der Waals surface area contributed by atoms with Crippen LogP contribution in [-0.2, 0) is 0 Å². The zero-order chi connectivity index (χ0) is 33.5. The van der Waals surface area contributed by atoms with Crippen LogP contribution in [0.4, 0.5) is 0 Å². The Kier molecular flexibility index (Phi) is 6.05. The summed E-state index contributed by atoms with van der Waals surface area (Å²) in [5, 5.41) is 14.0. The molecule has 51 heavy (non-hydrogen) atoms. The highest BCUT2D eigenvalue weighted by Gasteiger charge is 2.29. The van der Waals surface area contributed by atoms with Crippen molar-refractivity contribution in [1.82, 2.24) is 10.6 Å². The lowest BCUT2D eigenvalue weighted by atomic mass is 9.99. The van der Waals surface area contributed by atoms with Gasteiger partial charge in [0.1, 0.15) is 51.7 Å². The van der Waals surface area contributed by atoms with E-state index >= 15 is 0 Å². The van der Waals surface area contributed by atoms with E-state index in [1.807, 2.05) is 36.4 Å². The monoisotopic (exact) mass is 659 g/mol. The molecule has 242 valence electrons. The molecule has 2 N–H and O–H groups in total. The second-order valence-electron chi connectivity index (χ2n) is 13.2. The molecule has 0 radical (unpaired) electrons. The van der Waals surface area contributed by atoms with Gasteiger partial charge in [0.05, 0.1) is 5.56 Å². The van der Waals surface area contributed by atoms with Gasteiger partial charge in [0.25, 0.3) is 0 Å². The predicted molar refractivity (Wildman–Crippen MR) is 205 cm³/mol. The molecule has 7 aromatic carbocycles. The molecule has 3 aromatic heterocycles. The standard InChI is InChI=1S/C45H29N3O3/c1-2-10-26(11-3-1)43-46-44(32-15-9-19-40-41(32)31-13-5-7-18-37(31)50-40)48-45(47-43)33-16-8-14-30-35-25-28(21-23-39(35)51-42(30)33)27-20-22-38-34(24-27)29-12-4-6-17-36(29)49-38/h1-25,43-44,46H,(H,47,48). The van der Waals surface area contributed by atoms with Gasteiger partial charge in [-0.1, -0.05) is 103 Å². The highest BCUT2D eigenvalue weighted by Crippen LogP contribution is 2.39. The van der Waals surface area contributed by atoms with Crippen LogP contribution < -0.4 is 10.6 Å². The normalized spacial score (nSPS) is 16.4. The smallest absolute Gasteiger partial charge is 0.146 e. The number of fused-ring (bicyclic) bond motifs is 9. The van der Waals surface area contributed by atoms with Crippen LogP contribution in [0.5, 0.6) is 0 Å². The van der Waals surface area contributed by atoms with Crippen LogP contribution in [0.3, 0.4) is 0 Å².